The average Bonchev–Trinajstić information content (AvgIpc) is 3.14. The first-order valence-corrected chi connectivity index (χ1v) is 9.25. The molecule has 1 atom stereocenters. The topological polar surface area (TPSA) is 29.5 Å². The standard InChI is InChI=1S/C22H23NO2/c1-15(24)23-10-11-25-16(14-23)12-22-13-19(17-6-2-4-8-20(17)22)18-7-3-5-9-21(18)22/h2-9,16,19H,10-14H2,1H3. The summed E-state index contributed by atoms with van der Waals surface area (Å²) >= 11 is 0. The van der Waals surface area contributed by atoms with Crippen LogP contribution in [0.3, 0.4) is 0 Å². The summed E-state index contributed by atoms with van der Waals surface area (Å²) in [6.45, 7) is 3.74. The molecule has 1 unspecified atom stereocenters. The van der Waals surface area contributed by atoms with Crippen LogP contribution in [0, 0.1) is 0 Å². The fraction of sp³-hybridized carbons (Fsp3) is 0.409. The lowest BCUT2D eigenvalue weighted by atomic mass is 9.71. The molecule has 3 aliphatic rings. The summed E-state index contributed by atoms with van der Waals surface area (Å²) in [6, 6.07) is 17.8. The average molecular weight is 333 g/mol. The zero-order valence-electron chi connectivity index (χ0n) is 14.6. The van der Waals surface area contributed by atoms with Crippen molar-refractivity contribution in [1.82, 2.24) is 4.90 Å². The highest BCUT2D eigenvalue weighted by atomic mass is 16.5. The SMILES string of the molecule is CC(=O)N1CCOC(CC23CC(c4ccccc42)c2ccccc23)C1. The van der Waals surface area contributed by atoms with Gasteiger partial charge in [-0.15, -0.1) is 0 Å². The Balaban J connectivity index is 1.55. The Labute approximate surface area is 148 Å². The van der Waals surface area contributed by atoms with Crippen LogP contribution >= 0.6 is 0 Å². The molecule has 3 heteroatoms. The van der Waals surface area contributed by atoms with Gasteiger partial charge >= 0.3 is 0 Å². The Morgan fingerprint density at radius 2 is 1.76 bits per heavy atom. The molecule has 2 aromatic carbocycles. The lowest BCUT2D eigenvalue weighted by Gasteiger charge is -2.39. The molecule has 2 aromatic rings. The number of amides is 1. The Morgan fingerprint density at radius 1 is 1.12 bits per heavy atom. The highest BCUT2D eigenvalue weighted by Gasteiger charge is 2.53. The van der Waals surface area contributed by atoms with Crippen molar-refractivity contribution in [3.8, 4) is 0 Å². The quantitative estimate of drug-likeness (QED) is 0.842. The van der Waals surface area contributed by atoms with Gasteiger partial charge in [-0.2, -0.15) is 0 Å². The summed E-state index contributed by atoms with van der Waals surface area (Å²) in [5, 5.41) is 0. The predicted molar refractivity (Wildman–Crippen MR) is 96.7 cm³/mol. The van der Waals surface area contributed by atoms with E-state index in [4.69, 9.17) is 4.74 Å². The number of hydrogen-bond acceptors (Lipinski definition) is 2. The van der Waals surface area contributed by atoms with Gasteiger partial charge in [-0.1, -0.05) is 48.5 Å². The third kappa shape index (κ3) is 2.12. The van der Waals surface area contributed by atoms with Gasteiger partial charge in [0.2, 0.25) is 5.91 Å². The first kappa shape index (κ1) is 15.2. The Hall–Kier alpha value is -2.13. The molecule has 0 aromatic heterocycles. The molecule has 1 aliphatic heterocycles. The number of carbonyl (C=O) groups is 1. The summed E-state index contributed by atoms with van der Waals surface area (Å²) in [5.74, 6) is 0.669. The molecule has 1 heterocycles. The highest BCUT2D eigenvalue weighted by molar-refractivity contribution is 5.73. The van der Waals surface area contributed by atoms with Crippen molar-refractivity contribution in [2.24, 2.45) is 0 Å². The van der Waals surface area contributed by atoms with Crippen LogP contribution in [0.5, 0.6) is 0 Å². The highest BCUT2D eigenvalue weighted by Crippen LogP contribution is 2.62. The van der Waals surface area contributed by atoms with Gasteiger partial charge in [-0.05, 0) is 35.1 Å². The van der Waals surface area contributed by atoms with Crippen molar-refractivity contribution >= 4 is 5.91 Å². The number of nitrogens with zero attached hydrogens (tertiary/aromatic N) is 1. The van der Waals surface area contributed by atoms with Crippen LogP contribution in [0.1, 0.15) is 47.9 Å². The van der Waals surface area contributed by atoms with Gasteiger partial charge < -0.3 is 9.64 Å². The molecule has 3 nitrogen and oxygen atoms in total. The van der Waals surface area contributed by atoms with Crippen molar-refractivity contribution in [2.75, 3.05) is 19.7 Å². The molecular formula is C22H23NO2. The number of rotatable bonds is 2. The number of morpholine rings is 1. The van der Waals surface area contributed by atoms with Crippen molar-refractivity contribution in [3.63, 3.8) is 0 Å². The molecule has 1 amide bonds. The number of ether oxygens (including phenoxy) is 1. The molecule has 2 aliphatic carbocycles. The molecule has 1 fully saturated rings. The maximum atomic E-state index is 11.8. The van der Waals surface area contributed by atoms with E-state index in [1.54, 1.807) is 6.92 Å². The molecule has 0 spiro atoms. The zero-order chi connectivity index (χ0) is 17.0. The van der Waals surface area contributed by atoms with Crippen molar-refractivity contribution < 1.29 is 9.53 Å². The molecule has 0 N–H and O–H groups in total. The van der Waals surface area contributed by atoms with E-state index < -0.39 is 0 Å². The van der Waals surface area contributed by atoms with Crippen molar-refractivity contribution in [1.29, 1.82) is 0 Å². The van der Waals surface area contributed by atoms with Crippen LogP contribution in [0.2, 0.25) is 0 Å². The predicted octanol–water partition coefficient (Wildman–Crippen LogP) is 3.46. The third-order valence-electron chi connectivity index (χ3n) is 6.42. The number of carbonyl (C=O) groups excluding carboxylic acids is 1. The van der Waals surface area contributed by atoms with Crippen molar-refractivity contribution in [3.05, 3.63) is 70.8 Å². The molecule has 5 rings (SSSR count). The maximum Gasteiger partial charge on any atom is 0.219 e. The van der Waals surface area contributed by atoms with E-state index >= 15 is 0 Å². The monoisotopic (exact) mass is 333 g/mol. The molecule has 0 saturated carbocycles. The van der Waals surface area contributed by atoms with Gasteiger partial charge in [0.25, 0.3) is 0 Å². The van der Waals surface area contributed by atoms with Crippen LogP contribution in [-0.2, 0) is 14.9 Å². The summed E-state index contributed by atoms with van der Waals surface area (Å²) in [5.41, 5.74) is 5.97. The van der Waals surface area contributed by atoms with E-state index in [-0.39, 0.29) is 17.4 Å². The number of benzene rings is 2. The van der Waals surface area contributed by atoms with Crippen LogP contribution in [0.4, 0.5) is 0 Å². The minimum Gasteiger partial charge on any atom is -0.374 e. The lowest BCUT2D eigenvalue weighted by Crippen LogP contribution is -2.47. The van der Waals surface area contributed by atoms with Crippen LogP contribution in [0.15, 0.2) is 48.5 Å². The lowest BCUT2D eigenvalue weighted by molar-refractivity contribution is -0.137. The number of hydrogen-bond donors (Lipinski definition) is 0. The second-order valence-corrected chi connectivity index (χ2v) is 7.68. The fourth-order valence-electron chi connectivity index (χ4n) is 5.40. The van der Waals surface area contributed by atoms with Crippen molar-refractivity contribution in [2.45, 2.75) is 37.2 Å². The summed E-state index contributed by atoms with van der Waals surface area (Å²) in [4.78, 5) is 13.7. The van der Waals surface area contributed by atoms with E-state index in [0.717, 1.165) is 12.8 Å². The molecule has 1 saturated heterocycles. The van der Waals surface area contributed by atoms with Gasteiger partial charge in [0.05, 0.1) is 12.7 Å². The summed E-state index contributed by atoms with van der Waals surface area (Å²) in [7, 11) is 0. The molecule has 128 valence electrons. The van der Waals surface area contributed by atoms with Crippen LogP contribution < -0.4 is 0 Å². The minimum atomic E-state index is 0.0440. The number of fused-ring (bicyclic) bond motifs is 8. The smallest absolute Gasteiger partial charge is 0.219 e. The summed E-state index contributed by atoms with van der Waals surface area (Å²) in [6.07, 6.45) is 2.21. The van der Waals surface area contributed by atoms with Gasteiger partial charge in [0, 0.05) is 31.3 Å². The van der Waals surface area contributed by atoms with E-state index in [0.29, 0.717) is 25.6 Å². The Bertz CT molecular complexity index is 796. The Kier molecular flexibility index (Phi) is 3.29. The minimum absolute atomic E-state index is 0.0440. The molecular weight excluding hydrogens is 310 g/mol. The zero-order valence-corrected chi connectivity index (χ0v) is 14.6. The largest absolute Gasteiger partial charge is 0.374 e. The molecule has 0 radical (unpaired) electrons. The second kappa shape index (κ2) is 5.43. The van der Waals surface area contributed by atoms with Crippen LogP contribution in [0.25, 0.3) is 0 Å². The van der Waals surface area contributed by atoms with E-state index in [9.17, 15) is 4.79 Å². The van der Waals surface area contributed by atoms with Gasteiger partial charge in [-0.25, -0.2) is 0 Å². The normalized spacial score (nSPS) is 29.4. The Morgan fingerprint density at radius 3 is 2.40 bits per heavy atom. The molecule has 25 heavy (non-hydrogen) atoms. The first-order chi connectivity index (χ1) is 12.2. The van der Waals surface area contributed by atoms with Crippen LogP contribution in [-0.4, -0.2) is 36.6 Å². The maximum absolute atomic E-state index is 11.8. The van der Waals surface area contributed by atoms with E-state index in [2.05, 4.69) is 48.5 Å². The van der Waals surface area contributed by atoms with Gasteiger partial charge in [0.1, 0.15) is 0 Å². The molecule has 2 bridgehead atoms. The first-order valence-electron chi connectivity index (χ1n) is 9.25. The van der Waals surface area contributed by atoms with Gasteiger partial charge in [-0.3, -0.25) is 4.79 Å². The van der Waals surface area contributed by atoms with E-state index in [1.807, 2.05) is 4.90 Å². The third-order valence-corrected chi connectivity index (χ3v) is 6.42. The fourth-order valence-corrected chi connectivity index (χ4v) is 5.40. The summed E-state index contributed by atoms with van der Waals surface area (Å²) < 4.78 is 6.10. The van der Waals surface area contributed by atoms with E-state index in [1.165, 1.54) is 22.3 Å². The van der Waals surface area contributed by atoms with Gasteiger partial charge in [0.15, 0.2) is 0 Å². The second-order valence-electron chi connectivity index (χ2n) is 7.68.